The van der Waals surface area contributed by atoms with Gasteiger partial charge >= 0.3 is 0 Å². The fourth-order valence-corrected chi connectivity index (χ4v) is 3.55. The maximum absolute atomic E-state index is 6.12. The van der Waals surface area contributed by atoms with Crippen molar-refractivity contribution in [2.45, 2.75) is 64.0 Å². The number of likely N-dealkylation sites (N-methyl/N-ethyl adjacent to an activating group) is 1. The van der Waals surface area contributed by atoms with Crippen molar-refractivity contribution < 1.29 is 0 Å². The minimum absolute atomic E-state index is 0.305. The summed E-state index contributed by atoms with van der Waals surface area (Å²) in [6.07, 6.45) is 8.46. The fraction of sp³-hybridized carbons (Fsp3) is 1.00. The Kier molecular flexibility index (Phi) is 3.60. The molecule has 2 aliphatic carbocycles. The molecule has 2 atom stereocenters. The SMILES string of the molecule is CC(C)N(C)C1(CN)CCCC(C2CC2)C1. The van der Waals surface area contributed by atoms with Gasteiger partial charge in [0.15, 0.2) is 0 Å². The van der Waals surface area contributed by atoms with Crippen molar-refractivity contribution in [3.05, 3.63) is 0 Å². The van der Waals surface area contributed by atoms with Crippen LogP contribution in [0.15, 0.2) is 0 Å². The van der Waals surface area contributed by atoms with Crippen LogP contribution in [-0.2, 0) is 0 Å². The van der Waals surface area contributed by atoms with Crippen LogP contribution in [0.25, 0.3) is 0 Å². The molecular formula is C14H28N2. The third kappa shape index (κ3) is 2.28. The Labute approximate surface area is 101 Å². The van der Waals surface area contributed by atoms with Crippen molar-refractivity contribution in [3.8, 4) is 0 Å². The Morgan fingerprint density at radius 1 is 1.25 bits per heavy atom. The largest absolute Gasteiger partial charge is 0.329 e. The van der Waals surface area contributed by atoms with E-state index in [0.717, 1.165) is 18.4 Å². The molecule has 0 aromatic carbocycles. The van der Waals surface area contributed by atoms with Crippen molar-refractivity contribution in [3.63, 3.8) is 0 Å². The summed E-state index contributed by atoms with van der Waals surface area (Å²) in [4.78, 5) is 2.54. The molecule has 0 saturated heterocycles. The molecule has 2 nitrogen and oxygen atoms in total. The third-order valence-corrected chi connectivity index (χ3v) is 5.05. The summed E-state index contributed by atoms with van der Waals surface area (Å²) < 4.78 is 0. The van der Waals surface area contributed by atoms with Gasteiger partial charge in [-0.2, -0.15) is 0 Å². The molecular weight excluding hydrogens is 196 g/mol. The Morgan fingerprint density at radius 2 is 1.94 bits per heavy atom. The highest BCUT2D eigenvalue weighted by Crippen LogP contribution is 2.47. The van der Waals surface area contributed by atoms with Crippen molar-refractivity contribution in [1.29, 1.82) is 0 Å². The second kappa shape index (κ2) is 4.66. The molecule has 2 heteroatoms. The molecule has 2 aliphatic rings. The van der Waals surface area contributed by atoms with Gasteiger partial charge in [-0.15, -0.1) is 0 Å². The Balaban J connectivity index is 2.06. The second-order valence-electron chi connectivity index (χ2n) is 6.33. The van der Waals surface area contributed by atoms with Crippen LogP contribution >= 0.6 is 0 Å². The highest BCUT2D eigenvalue weighted by molar-refractivity contribution is 4.99. The van der Waals surface area contributed by atoms with Gasteiger partial charge in [0.2, 0.25) is 0 Å². The van der Waals surface area contributed by atoms with Crippen LogP contribution in [0.1, 0.15) is 52.4 Å². The van der Waals surface area contributed by atoms with Crippen LogP contribution < -0.4 is 5.73 Å². The number of nitrogens with zero attached hydrogens (tertiary/aromatic N) is 1. The Bertz CT molecular complexity index is 235. The quantitative estimate of drug-likeness (QED) is 0.795. The van der Waals surface area contributed by atoms with Gasteiger partial charge in [-0.3, -0.25) is 4.90 Å². The van der Waals surface area contributed by atoms with E-state index in [1.165, 1.54) is 38.5 Å². The Morgan fingerprint density at radius 3 is 2.44 bits per heavy atom. The monoisotopic (exact) mass is 224 g/mol. The van der Waals surface area contributed by atoms with Gasteiger partial charge in [0.25, 0.3) is 0 Å². The van der Waals surface area contributed by atoms with Gasteiger partial charge in [-0.25, -0.2) is 0 Å². The normalized spacial score (nSPS) is 36.0. The predicted octanol–water partition coefficient (Wildman–Crippen LogP) is 2.62. The molecule has 0 bridgehead atoms. The van der Waals surface area contributed by atoms with Crippen LogP contribution in [0.3, 0.4) is 0 Å². The van der Waals surface area contributed by atoms with E-state index in [1.807, 2.05) is 0 Å². The smallest absolute Gasteiger partial charge is 0.0334 e. The minimum atomic E-state index is 0.305. The average molecular weight is 224 g/mol. The predicted molar refractivity (Wildman–Crippen MR) is 69.4 cm³/mol. The topological polar surface area (TPSA) is 29.3 Å². The summed E-state index contributed by atoms with van der Waals surface area (Å²) in [5.41, 5.74) is 6.42. The third-order valence-electron chi connectivity index (χ3n) is 5.05. The Hall–Kier alpha value is -0.0800. The van der Waals surface area contributed by atoms with E-state index in [2.05, 4.69) is 25.8 Å². The van der Waals surface area contributed by atoms with E-state index in [1.54, 1.807) is 0 Å². The molecule has 2 N–H and O–H groups in total. The van der Waals surface area contributed by atoms with Crippen molar-refractivity contribution in [2.75, 3.05) is 13.6 Å². The van der Waals surface area contributed by atoms with Crippen LogP contribution in [0, 0.1) is 11.8 Å². The number of rotatable bonds is 4. The second-order valence-corrected chi connectivity index (χ2v) is 6.33. The number of nitrogens with two attached hydrogens (primary N) is 1. The highest BCUT2D eigenvalue weighted by Gasteiger charge is 2.43. The van der Waals surface area contributed by atoms with E-state index < -0.39 is 0 Å². The first-order valence-corrected chi connectivity index (χ1v) is 7.02. The van der Waals surface area contributed by atoms with Gasteiger partial charge < -0.3 is 5.73 Å². The van der Waals surface area contributed by atoms with Gasteiger partial charge in [0.05, 0.1) is 0 Å². The molecule has 0 heterocycles. The molecule has 0 aromatic rings. The first-order chi connectivity index (χ1) is 7.59. The summed E-state index contributed by atoms with van der Waals surface area (Å²) in [6.45, 7) is 5.42. The number of hydrogen-bond donors (Lipinski definition) is 1. The fourth-order valence-electron chi connectivity index (χ4n) is 3.55. The zero-order chi connectivity index (χ0) is 11.8. The van der Waals surface area contributed by atoms with Gasteiger partial charge in [0.1, 0.15) is 0 Å². The summed E-state index contributed by atoms with van der Waals surface area (Å²) in [5, 5.41) is 0. The van der Waals surface area contributed by atoms with E-state index in [4.69, 9.17) is 5.73 Å². The van der Waals surface area contributed by atoms with Crippen molar-refractivity contribution in [2.24, 2.45) is 17.6 Å². The lowest BCUT2D eigenvalue weighted by molar-refractivity contribution is 0.0299. The highest BCUT2D eigenvalue weighted by atomic mass is 15.2. The summed E-state index contributed by atoms with van der Waals surface area (Å²) in [6, 6.07) is 0.613. The molecule has 94 valence electrons. The maximum atomic E-state index is 6.12. The zero-order valence-corrected chi connectivity index (χ0v) is 11.2. The molecule has 2 unspecified atom stereocenters. The molecule has 0 spiro atoms. The van der Waals surface area contributed by atoms with E-state index in [-0.39, 0.29) is 0 Å². The zero-order valence-electron chi connectivity index (χ0n) is 11.2. The molecule has 2 rings (SSSR count). The summed E-state index contributed by atoms with van der Waals surface area (Å²) in [5.74, 6) is 2.02. The first kappa shape index (κ1) is 12.4. The average Bonchev–Trinajstić information content (AvgIpc) is 3.11. The molecule has 0 aliphatic heterocycles. The van der Waals surface area contributed by atoms with Crippen LogP contribution in [0.5, 0.6) is 0 Å². The molecule has 16 heavy (non-hydrogen) atoms. The molecule has 0 radical (unpaired) electrons. The lowest BCUT2D eigenvalue weighted by Gasteiger charge is -2.48. The van der Waals surface area contributed by atoms with E-state index in [0.29, 0.717) is 11.6 Å². The maximum Gasteiger partial charge on any atom is 0.0334 e. The summed E-state index contributed by atoms with van der Waals surface area (Å²) in [7, 11) is 2.27. The molecule has 2 fully saturated rings. The van der Waals surface area contributed by atoms with Crippen LogP contribution in [-0.4, -0.2) is 30.1 Å². The lowest BCUT2D eigenvalue weighted by Crippen LogP contribution is -2.57. The molecule has 2 saturated carbocycles. The molecule has 0 amide bonds. The standard InChI is InChI=1S/C14H28N2/c1-11(2)16(3)14(10-15)8-4-5-13(9-14)12-6-7-12/h11-13H,4-10,15H2,1-3H3. The van der Waals surface area contributed by atoms with Crippen molar-refractivity contribution >= 4 is 0 Å². The van der Waals surface area contributed by atoms with E-state index in [9.17, 15) is 0 Å². The number of hydrogen-bond acceptors (Lipinski definition) is 2. The summed E-state index contributed by atoms with van der Waals surface area (Å²) >= 11 is 0. The lowest BCUT2D eigenvalue weighted by atomic mass is 9.72. The van der Waals surface area contributed by atoms with E-state index >= 15 is 0 Å². The molecule has 0 aromatic heterocycles. The van der Waals surface area contributed by atoms with Crippen LogP contribution in [0.2, 0.25) is 0 Å². The van der Waals surface area contributed by atoms with Gasteiger partial charge in [-0.1, -0.05) is 12.8 Å². The minimum Gasteiger partial charge on any atom is -0.329 e. The van der Waals surface area contributed by atoms with Crippen LogP contribution in [0.4, 0.5) is 0 Å². The van der Waals surface area contributed by atoms with Crippen molar-refractivity contribution in [1.82, 2.24) is 4.90 Å². The first-order valence-electron chi connectivity index (χ1n) is 7.02. The van der Waals surface area contributed by atoms with Gasteiger partial charge in [0, 0.05) is 18.1 Å². The van der Waals surface area contributed by atoms with Gasteiger partial charge in [-0.05, 0) is 58.4 Å².